The highest BCUT2D eigenvalue weighted by atomic mass is 16.3. The van der Waals surface area contributed by atoms with Gasteiger partial charge in [-0.25, -0.2) is 0 Å². The summed E-state index contributed by atoms with van der Waals surface area (Å²) in [7, 11) is 1.75. The molecule has 3 N–H and O–H groups in total. The van der Waals surface area contributed by atoms with Crippen LogP contribution in [0.4, 0.5) is 0 Å². The van der Waals surface area contributed by atoms with Gasteiger partial charge in [-0.1, -0.05) is 12.8 Å². The van der Waals surface area contributed by atoms with E-state index in [9.17, 15) is 9.59 Å². The first kappa shape index (κ1) is 20.9. The van der Waals surface area contributed by atoms with Crippen molar-refractivity contribution in [2.75, 3.05) is 13.1 Å². The van der Waals surface area contributed by atoms with Gasteiger partial charge in [0, 0.05) is 30.7 Å². The molecule has 2 heterocycles. The maximum Gasteiger partial charge on any atom is 0.287 e. The zero-order valence-electron chi connectivity index (χ0n) is 17.4. The highest BCUT2D eigenvalue weighted by molar-refractivity contribution is 5.97. The van der Waals surface area contributed by atoms with Crippen LogP contribution < -0.4 is 16.6 Å². The highest BCUT2D eigenvalue weighted by Crippen LogP contribution is 2.29. The number of nitrogens with zero attached hydrogens (tertiary/aromatic N) is 1. The minimum absolute atomic E-state index is 0.00292. The average Bonchev–Trinajstić information content (AvgIpc) is 3.13. The molecule has 0 saturated heterocycles. The van der Waals surface area contributed by atoms with E-state index >= 15 is 0 Å². The lowest BCUT2D eigenvalue weighted by molar-refractivity contribution is 0.0927. The number of hydrogen-bond acceptors (Lipinski definition) is 4. The average molecular weight is 396 g/mol. The molecule has 29 heavy (non-hydrogen) atoms. The number of aromatic nitrogens is 1. The number of fused-ring (bicyclic) bond motifs is 1. The Kier molecular flexibility index (Phi) is 6.54. The van der Waals surface area contributed by atoms with Gasteiger partial charge in [0.2, 0.25) is 0 Å². The van der Waals surface area contributed by atoms with Crippen molar-refractivity contribution in [1.82, 2.24) is 9.88 Å². The molecule has 1 amide bonds. The quantitative estimate of drug-likeness (QED) is 0.570. The number of furan rings is 1. The molecule has 0 fully saturated rings. The molecular weight excluding hydrogens is 366 g/mol. The summed E-state index contributed by atoms with van der Waals surface area (Å²) >= 11 is 0. The number of carbonyl (C=O) groups excluding carboxylic acids is 1. The van der Waals surface area contributed by atoms with Gasteiger partial charge in [-0.05, 0) is 74.2 Å². The molecule has 0 bridgehead atoms. The molecule has 6 heteroatoms. The summed E-state index contributed by atoms with van der Waals surface area (Å²) in [4.78, 5) is 24.4. The highest BCUT2D eigenvalue weighted by Gasteiger charge is 2.15. The van der Waals surface area contributed by atoms with Crippen LogP contribution in [-0.2, 0) is 7.05 Å². The minimum Gasteiger partial charge on any atom is -0.451 e. The zero-order chi connectivity index (χ0) is 21.0. The minimum atomic E-state index is -0.195. The second kappa shape index (κ2) is 9.09. The monoisotopic (exact) mass is 395 g/mol. The molecule has 3 aromatic rings. The second-order valence-corrected chi connectivity index (χ2v) is 7.61. The number of unbranched alkanes of at least 4 members (excludes halogenated alkanes) is 3. The first-order valence-corrected chi connectivity index (χ1v) is 10.1. The smallest absolute Gasteiger partial charge is 0.287 e. The Hall–Kier alpha value is -2.86. The fourth-order valence-electron chi connectivity index (χ4n) is 3.55. The third kappa shape index (κ3) is 4.77. The van der Waals surface area contributed by atoms with Crippen LogP contribution in [0, 0.1) is 13.8 Å². The van der Waals surface area contributed by atoms with Crippen LogP contribution in [0.3, 0.4) is 0 Å². The first-order valence-electron chi connectivity index (χ1n) is 10.1. The van der Waals surface area contributed by atoms with Crippen LogP contribution in [0.15, 0.2) is 39.7 Å². The number of carbonyl (C=O) groups is 1. The lowest BCUT2D eigenvalue weighted by Crippen LogP contribution is -2.23. The normalized spacial score (nSPS) is 11.2. The number of hydrogen-bond donors (Lipinski definition) is 2. The number of nitrogens with two attached hydrogens (primary N) is 1. The number of amides is 1. The van der Waals surface area contributed by atoms with Gasteiger partial charge < -0.3 is 20.0 Å². The van der Waals surface area contributed by atoms with Gasteiger partial charge in [-0.15, -0.1) is 0 Å². The van der Waals surface area contributed by atoms with Crippen LogP contribution in [0.25, 0.3) is 22.1 Å². The van der Waals surface area contributed by atoms with E-state index in [-0.39, 0.29) is 11.5 Å². The Morgan fingerprint density at radius 3 is 2.48 bits per heavy atom. The van der Waals surface area contributed by atoms with Crippen LogP contribution in [-0.4, -0.2) is 23.6 Å². The number of pyridine rings is 1. The van der Waals surface area contributed by atoms with E-state index in [0.717, 1.165) is 47.8 Å². The lowest BCUT2D eigenvalue weighted by atomic mass is 10.0. The molecule has 1 aromatic carbocycles. The Bertz CT molecular complexity index is 1050. The van der Waals surface area contributed by atoms with Gasteiger partial charge in [-0.3, -0.25) is 9.59 Å². The van der Waals surface area contributed by atoms with Crippen molar-refractivity contribution in [1.29, 1.82) is 0 Å². The Morgan fingerprint density at radius 1 is 1.03 bits per heavy atom. The topological polar surface area (TPSA) is 90.3 Å². The fourth-order valence-corrected chi connectivity index (χ4v) is 3.55. The van der Waals surface area contributed by atoms with Gasteiger partial charge in [0.05, 0.1) is 0 Å². The van der Waals surface area contributed by atoms with Gasteiger partial charge in [-0.2, -0.15) is 0 Å². The summed E-state index contributed by atoms with van der Waals surface area (Å²) in [5.41, 5.74) is 9.79. The third-order valence-electron chi connectivity index (χ3n) is 5.14. The van der Waals surface area contributed by atoms with Crippen LogP contribution >= 0.6 is 0 Å². The predicted molar refractivity (Wildman–Crippen MR) is 116 cm³/mol. The Morgan fingerprint density at radius 2 is 1.76 bits per heavy atom. The van der Waals surface area contributed by atoms with Crippen molar-refractivity contribution in [3.8, 4) is 11.1 Å². The van der Waals surface area contributed by atoms with Gasteiger partial charge >= 0.3 is 0 Å². The molecule has 0 aliphatic heterocycles. The van der Waals surface area contributed by atoms with Gasteiger partial charge in [0.25, 0.3) is 11.5 Å². The van der Waals surface area contributed by atoms with Crippen molar-refractivity contribution in [2.45, 2.75) is 39.5 Å². The van der Waals surface area contributed by atoms with E-state index in [1.54, 1.807) is 17.7 Å². The molecule has 3 rings (SSSR count). The summed E-state index contributed by atoms with van der Waals surface area (Å²) in [5, 5.41) is 3.80. The van der Waals surface area contributed by atoms with E-state index in [1.807, 2.05) is 38.2 Å². The summed E-state index contributed by atoms with van der Waals surface area (Å²) < 4.78 is 7.42. The van der Waals surface area contributed by atoms with Crippen molar-refractivity contribution in [3.05, 3.63) is 57.7 Å². The first-order chi connectivity index (χ1) is 13.9. The molecule has 0 radical (unpaired) electrons. The van der Waals surface area contributed by atoms with E-state index in [2.05, 4.69) is 5.32 Å². The molecule has 0 atom stereocenters. The Labute approximate surface area is 170 Å². The van der Waals surface area contributed by atoms with Gasteiger partial charge in [0.15, 0.2) is 5.76 Å². The van der Waals surface area contributed by atoms with Crippen molar-refractivity contribution in [2.24, 2.45) is 12.8 Å². The van der Waals surface area contributed by atoms with Crippen LogP contribution in [0.5, 0.6) is 0 Å². The fraction of sp³-hybridized carbons (Fsp3) is 0.391. The SMILES string of the molecule is Cc1cc(-c2cc(C)c3oc(C(=O)NCCCCCCN)cc3c2)cn(C)c1=O. The maximum absolute atomic E-state index is 12.4. The molecule has 2 aromatic heterocycles. The van der Waals surface area contributed by atoms with E-state index in [4.69, 9.17) is 10.2 Å². The molecule has 0 aliphatic rings. The zero-order valence-corrected chi connectivity index (χ0v) is 17.4. The predicted octanol–water partition coefficient (Wildman–Crippen LogP) is 3.66. The second-order valence-electron chi connectivity index (χ2n) is 7.61. The summed E-state index contributed by atoms with van der Waals surface area (Å²) in [6, 6.07) is 7.69. The summed E-state index contributed by atoms with van der Waals surface area (Å²) in [5.74, 6) is 0.123. The molecule has 0 saturated carbocycles. The van der Waals surface area contributed by atoms with Gasteiger partial charge in [0.1, 0.15) is 5.58 Å². The van der Waals surface area contributed by atoms with Crippen LogP contribution in [0.1, 0.15) is 47.4 Å². The standard InChI is InChI=1S/C23H29N3O3/c1-15-10-17(19-11-16(2)23(28)26(3)14-19)12-18-13-20(29-21(15)18)22(27)25-9-7-5-4-6-8-24/h10-14H,4-9,24H2,1-3H3,(H,25,27). The summed E-state index contributed by atoms with van der Waals surface area (Å²) in [6.45, 7) is 5.12. The molecule has 0 aliphatic carbocycles. The number of benzene rings is 1. The van der Waals surface area contributed by atoms with E-state index < -0.39 is 0 Å². The number of nitrogens with one attached hydrogen (secondary N) is 1. The number of rotatable bonds is 8. The van der Waals surface area contributed by atoms with E-state index in [0.29, 0.717) is 30.0 Å². The molecule has 6 nitrogen and oxygen atoms in total. The maximum atomic E-state index is 12.4. The van der Waals surface area contributed by atoms with Crippen molar-refractivity contribution < 1.29 is 9.21 Å². The summed E-state index contributed by atoms with van der Waals surface area (Å²) in [6.07, 6.45) is 5.92. The third-order valence-corrected chi connectivity index (χ3v) is 5.14. The molecule has 0 unspecified atom stereocenters. The lowest BCUT2D eigenvalue weighted by Gasteiger charge is -2.07. The van der Waals surface area contributed by atoms with Crippen LogP contribution in [0.2, 0.25) is 0 Å². The van der Waals surface area contributed by atoms with Crippen molar-refractivity contribution in [3.63, 3.8) is 0 Å². The molecule has 154 valence electrons. The largest absolute Gasteiger partial charge is 0.451 e. The molecular formula is C23H29N3O3. The molecule has 0 spiro atoms. The van der Waals surface area contributed by atoms with E-state index in [1.165, 1.54) is 0 Å². The number of aryl methyl sites for hydroxylation is 3. The Balaban J connectivity index is 1.79. The van der Waals surface area contributed by atoms with Crippen molar-refractivity contribution >= 4 is 16.9 Å².